The van der Waals surface area contributed by atoms with Gasteiger partial charge in [-0.1, -0.05) is 29.5 Å². The van der Waals surface area contributed by atoms with Crippen LogP contribution in [0, 0.1) is 5.82 Å². The highest BCUT2D eigenvalue weighted by Gasteiger charge is 2.13. The van der Waals surface area contributed by atoms with E-state index in [1.165, 1.54) is 22.4 Å². The van der Waals surface area contributed by atoms with Crippen LogP contribution in [0.1, 0.15) is 36.2 Å². The number of tetrazole rings is 1. The predicted molar refractivity (Wildman–Crippen MR) is 123 cm³/mol. The number of aromatic amines is 1. The van der Waals surface area contributed by atoms with Gasteiger partial charge in [-0.2, -0.15) is 5.21 Å². The molecule has 0 saturated carbocycles. The van der Waals surface area contributed by atoms with Gasteiger partial charge in [0.1, 0.15) is 5.82 Å². The van der Waals surface area contributed by atoms with Crippen molar-refractivity contribution in [2.75, 3.05) is 5.32 Å². The average Bonchev–Trinajstić information content (AvgIpc) is 3.55. The summed E-state index contributed by atoms with van der Waals surface area (Å²) in [4.78, 5) is 17.1. The summed E-state index contributed by atoms with van der Waals surface area (Å²) in [6.45, 7) is 0. The number of aryl methyl sites for hydroxylation is 2. The zero-order valence-electron chi connectivity index (χ0n) is 17.8. The summed E-state index contributed by atoms with van der Waals surface area (Å²) in [5.74, 6) is 0.300. The normalized spacial score (nSPS) is 13.2. The Kier molecular flexibility index (Phi) is 5.75. The first-order valence-corrected chi connectivity index (χ1v) is 10.8. The molecule has 0 atom stereocenters. The number of rotatable bonds is 7. The quantitative estimate of drug-likeness (QED) is 0.448. The fraction of sp³-hybridized carbons (Fsp3) is 0.208. The van der Waals surface area contributed by atoms with Crippen LogP contribution in [0.3, 0.4) is 0 Å². The molecule has 8 nitrogen and oxygen atoms in total. The molecule has 0 unspecified atom stereocenters. The topological polar surface area (TPSA) is 101 Å². The van der Waals surface area contributed by atoms with Crippen molar-refractivity contribution in [3.63, 3.8) is 0 Å². The Morgan fingerprint density at radius 3 is 2.73 bits per heavy atom. The summed E-state index contributed by atoms with van der Waals surface area (Å²) in [5.41, 5.74) is 3.69. The Labute approximate surface area is 189 Å². The summed E-state index contributed by atoms with van der Waals surface area (Å²) in [6, 6.07) is 12.7. The Morgan fingerprint density at radius 2 is 2.00 bits per heavy atom. The van der Waals surface area contributed by atoms with Gasteiger partial charge in [0.05, 0.1) is 5.69 Å². The van der Waals surface area contributed by atoms with E-state index < -0.39 is 5.82 Å². The molecule has 1 aliphatic carbocycles. The molecule has 0 bridgehead atoms. The average molecular weight is 443 g/mol. The number of anilines is 2. The number of aromatic nitrogens is 6. The molecule has 9 heteroatoms. The minimum absolute atomic E-state index is 0.0606. The van der Waals surface area contributed by atoms with E-state index in [4.69, 9.17) is 0 Å². The van der Waals surface area contributed by atoms with Crippen LogP contribution in [0.15, 0.2) is 65.7 Å². The number of H-pyrrole nitrogens is 1. The number of allylic oxidation sites excluding steroid dienone is 2. The fourth-order valence-corrected chi connectivity index (χ4v) is 3.95. The standard InChI is InChI=1S/C24H22FN7O/c25-20-15-18(17-3-1-2-4-17)8-11-21(20)27-23-24(33)32(14-13-26-23)19-9-5-16(6-10-19)7-12-22-28-30-31-29-22/h3,5-6,8-11,13-15H,1-2,4,7,12H2,(H,26,27)(H,28,29,30,31). The number of halogens is 1. The summed E-state index contributed by atoms with van der Waals surface area (Å²) < 4.78 is 16.2. The molecule has 166 valence electrons. The molecule has 0 saturated heterocycles. The molecular formula is C24H22FN7O. The molecule has 0 amide bonds. The minimum atomic E-state index is -0.414. The van der Waals surface area contributed by atoms with Crippen molar-refractivity contribution in [2.24, 2.45) is 0 Å². The van der Waals surface area contributed by atoms with Crippen molar-refractivity contribution in [1.29, 1.82) is 0 Å². The van der Waals surface area contributed by atoms with Gasteiger partial charge in [-0.15, -0.1) is 10.2 Å². The Morgan fingerprint density at radius 1 is 1.12 bits per heavy atom. The van der Waals surface area contributed by atoms with E-state index >= 15 is 0 Å². The molecule has 2 N–H and O–H groups in total. The van der Waals surface area contributed by atoms with Crippen molar-refractivity contribution < 1.29 is 4.39 Å². The summed E-state index contributed by atoms with van der Waals surface area (Å²) in [6.07, 6.45) is 9.78. The zero-order chi connectivity index (χ0) is 22.6. The van der Waals surface area contributed by atoms with Crippen LogP contribution < -0.4 is 10.9 Å². The number of hydrogen-bond donors (Lipinski definition) is 2. The third-order valence-corrected chi connectivity index (χ3v) is 5.72. The van der Waals surface area contributed by atoms with Gasteiger partial charge in [-0.3, -0.25) is 9.36 Å². The van der Waals surface area contributed by atoms with Gasteiger partial charge in [0, 0.05) is 24.5 Å². The van der Waals surface area contributed by atoms with Gasteiger partial charge >= 0.3 is 0 Å². The molecule has 0 fully saturated rings. The molecule has 2 aromatic heterocycles. The Balaban J connectivity index is 1.33. The van der Waals surface area contributed by atoms with Crippen LogP contribution in [0.4, 0.5) is 15.9 Å². The maximum Gasteiger partial charge on any atom is 0.298 e. The third kappa shape index (κ3) is 4.57. The first kappa shape index (κ1) is 20.7. The molecule has 0 radical (unpaired) electrons. The Bertz CT molecular complexity index is 1340. The molecule has 0 aliphatic heterocycles. The predicted octanol–water partition coefficient (Wildman–Crippen LogP) is 3.98. The highest BCUT2D eigenvalue weighted by atomic mass is 19.1. The van der Waals surface area contributed by atoms with E-state index in [-0.39, 0.29) is 17.1 Å². The van der Waals surface area contributed by atoms with E-state index in [1.807, 2.05) is 30.3 Å². The maximum atomic E-state index is 14.7. The van der Waals surface area contributed by atoms with Crippen molar-refractivity contribution in [3.8, 4) is 5.69 Å². The van der Waals surface area contributed by atoms with Gasteiger partial charge in [-0.25, -0.2) is 9.37 Å². The lowest BCUT2D eigenvalue weighted by Crippen LogP contribution is -2.22. The number of nitrogens with zero attached hydrogens (tertiary/aromatic N) is 5. The van der Waals surface area contributed by atoms with Crippen molar-refractivity contribution in [1.82, 2.24) is 30.2 Å². The highest BCUT2D eigenvalue weighted by Crippen LogP contribution is 2.30. The monoisotopic (exact) mass is 443 g/mol. The molecule has 33 heavy (non-hydrogen) atoms. The Hall–Kier alpha value is -4.14. The van der Waals surface area contributed by atoms with Crippen molar-refractivity contribution in [2.45, 2.75) is 32.1 Å². The SMILES string of the molecule is O=c1c(Nc2ccc(C3=CCCC3)cc2F)nccn1-c1ccc(CCc2nn[nH]n2)cc1. The first-order valence-electron chi connectivity index (χ1n) is 10.8. The molecule has 0 spiro atoms. The van der Waals surface area contributed by atoms with Gasteiger partial charge in [-0.05, 0) is 66.6 Å². The van der Waals surface area contributed by atoms with Gasteiger partial charge in [0.15, 0.2) is 11.6 Å². The van der Waals surface area contributed by atoms with Gasteiger partial charge in [0.2, 0.25) is 0 Å². The largest absolute Gasteiger partial charge is 0.333 e. The fourth-order valence-electron chi connectivity index (χ4n) is 3.95. The van der Waals surface area contributed by atoms with Crippen LogP contribution in [-0.2, 0) is 12.8 Å². The van der Waals surface area contributed by atoms with Gasteiger partial charge < -0.3 is 5.32 Å². The van der Waals surface area contributed by atoms with Crippen LogP contribution >= 0.6 is 0 Å². The van der Waals surface area contributed by atoms with E-state index in [9.17, 15) is 9.18 Å². The second kappa shape index (κ2) is 9.15. The van der Waals surface area contributed by atoms with Gasteiger partial charge in [0.25, 0.3) is 5.56 Å². The van der Waals surface area contributed by atoms with E-state index in [0.29, 0.717) is 17.9 Å². The van der Waals surface area contributed by atoms with E-state index in [1.54, 1.807) is 12.3 Å². The van der Waals surface area contributed by atoms with Crippen LogP contribution in [-0.4, -0.2) is 30.2 Å². The van der Waals surface area contributed by atoms with Crippen LogP contribution in [0.2, 0.25) is 0 Å². The van der Waals surface area contributed by atoms with Crippen molar-refractivity contribution >= 4 is 17.1 Å². The first-order chi connectivity index (χ1) is 16.2. The highest BCUT2D eigenvalue weighted by molar-refractivity contribution is 5.70. The number of nitrogens with one attached hydrogen (secondary N) is 2. The van der Waals surface area contributed by atoms with Crippen LogP contribution in [0.25, 0.3) is 11.3 Å². The maximum absolute atomic E-state index is 14.7. The van der Waals surface area contributed by atoms with Crippen molar-refractivity contribution in [3.05, 3.63) is 94.1 Å². The lowest BCUT2D eigenvalue weighted by molar-refractivity contribution is 0.631. The summed E-state index contributed by atoms with van der Waals surface area (Å²) in [7, 11) is 0. The number of hydrogen-bond acceptors (Lipinski definition) is 6. The zero-order valence-corrected chi connectivity index (χ0v) is 17.8. The third-order valence-electron chi connectivity index (χ3n) is 5.72. The smallest absolute Gasteiger partial charge is 0.298 e. The number of benzene rings is 2. The lowest BCUT2D eigenvalue weighted by atomic mass is 10.0. The summed E-state index contributed by atoms with van der Waals surface area (Å²) >= 11 is 0. The second-order valence-electron chi connectivity index (χ2n) is 7.89. The minimum Gasteiger partial charge on any atom is -0.333 e. The van der Waals surface area contributed by atoms with Crippen LogP contribution in [0.5, 0.6) is 0 Å². The molecule has 2 aromatic carbocycles. The molecule has 5 rings (SSSR count). The van der Waals surface area contributed by atoms with E-state index in [2.05, 4.69) is 37.0 Å². The van der Waals surface area contributed by atoms with E-state index in [0.717, 1.165) is 36.8 Å². The molecule has 2 heterocycles. The lowest BCUT2D eigenvalue weighted by Gasteiger charge is -2.11. The summed E-state index contributed by atoms with van der Waals surface area (Å²) in [5, 5.41) is 16.7. The molecule has 1 aliphatic rings. The second-order valence-corrected chi connectivity index (χ2v) is 7.89. The molecular weight excluding hydrogens is 421 g/mol. The molecule has 4 aromatic rings.